The molecule has 7 heteroatoms. The maximum Gasteiger partial charge on any atom is 0.338 e. The minimum Gasteiger partial charge on any atom is -0.462 e. The number of ether oxygens (including phenoxy) is 1. The van der Waals surface area contributed by atoms with Crippen LogP contribution in [0.4, 0.5) is 0 Å². The number of nitrogens with one attached hydrogen (secondary N) is 1. The van der Waals surface area contributed by atoms with Gasteiger partial charge in [-0.15, -0.1) is 0 Å². The lowest BCUT2D eigenvalue weighted by molar-refractivity contribution is 0.0408. The van der Waals surface area contributed by atoms with Gasteiger partial charge < -0.3 is 15.5 Å². The average Bonchev–Trinajstić information content (AvgIpc) is 3.33. The summed E-state index contributed by atoms with van der Waals surface area (Å²) in [6, 6.07) is 13.7. The van der Waals surface area contributed by atoms with E-state index in [1.807, 2.05) is 43.3 Å². The number of fused-ring (bicyclic) bond motifs is 1. The number of nitrogens with zero attached hydrogens (tertiary/aromatic N) is 3. The molecule has 7 nitrogen and oxygen atoms in total. The molecule has 3 N–H and O–H groups in total. The second kappa shape index (κ2) is 9.11. The predicted molar refractivity (Wildman–Crippen MR) is 128 cm³/mol. The highest BCUT2D eigenvalue weighted by Crippen LogP contribution is 2.31. The molecular formula is C26H27N5O2. The van der Waals surface area contributed by atoms with Crippen LogP contribution >= 0.6 is 0 Å². The van der Waals surface area contributed by atoms with Crippen molar-refractivity contribution in [3.8, 4) is 22.6 Å². The van der Waals surface area contributed by atoms with E-state index in [0.29, 0.717) is 18.1 Å². The fourth-order valence-corrected chi connectivity index (χ4v) is 4.49. The van der Waals surface area contributed by atoms with Crippen molar-refractivity contribution in [1.29, 1.82) is 0 Å². The Morgan fingerprint density at radius 1 is 1.12 bits per heavy atom. The Bertz CT molecular complexity index is 1290. The van der Waals surface area contributed by atoms with Gasteiger partial charge in [-0.05, 0) is 68.9 Å². The van der Waals surface area contributed by atoms with Crippen LogP contribution in [0.3, 0.4) is 0 Å². The van der Waals surface area contributed by atoms with Gasteiger partial charge in [0.05, 0.1) is 41.1 Å². The summed E-state index contributed by atoms with van der Waals surface area (Å²) < 4.78 is 5.71. The molecule has 1 aliphatic carbocycles. The molecule has 3 heterocycles. The highest BCUT2D eigenvalue weighted by atomic mass is 16.5. The molecule has 0 spiro atoms. The molecule has 1 aromatic carbocycles. The third-order valence-electron chi connectivity index (χ3n) is 6.36. The van der Waals surface area contributed by atoms with Crippen molar-refractivity contribution in [3.05, 3.63) is 66.2 Å². The summed E-state index contributed by atoms with van der Waals surface area (Å²) in [6.45, 7) is 2.39. The monoisotopic (exact) mass is 441 g/mol. The van der Waals surface area contributed by atoms with Crippen LogP contribution in [0.15, 0.2) is 55.0 Å². The van der Waals surface area contributed by atoms with Gasteiger partial charge >= 0.3 is 5.97 Å². The third-order valence-corrected chi connectivity index (χ3v) is 6.36. The Morgan fingerprint density at radius 2 is 1.97 bits per heavy atom. The van der Waals surface area contributed by atoms with Crippen LogP contribution in [0, 0.1) is 12.8 Å². The highest BCUT2D eigenvalue weighted by Gasteiger charge is 2.21. The van der Waals surface area contributed by atoms with Crippen molar-refractivity contribution in [2.45, 2.75) is 38.6 Å². The number of esters is 1. The molecule has 3 aromatic heterocycles. The Hall–Kier alpha value is -3.58. The fourth-order valence-electron chi connectivity index (χ4n) is 4.49. The van der Waals surface area contributed by atoms with Crippen LogP contribution in [-0.4, -0.2) is 38.6 Å². The second-order valence-corrected chi connectivity index (χ2v) is 8.76. The lowest BCUT2D eigenvalue weighted by atomic mass is 9.87. The molecule has 4 aromatic rings. The molecule has 1 fully saturated rings. The van der Waals surface area contributed by atoms with Gasteiger partial charge in [-0.25, -0.2) is 9.78 Å². The molecule has 0 atom stereocenters. The number of benzene rings is 1. The van der Waals surface area contributed by atoms with E-state index in [4.69, 9.17) is 10.5 Å². The van der Waals surface area contributed by atoms with Crippen molar-refractivity contribution in [2.24, 2.45) is 11.7 Å². The number of hydrogen-bond donors (Lipinski definition) is 2. The molecule has 5 rings (SSSR count). The maximum absolute atomic E-state index is 13.0. The Morgan fingerprint density at radius 3 is 2.79 bits per heavy atom. The first-order chi connectivity index (χ1) is 16.1. The number of hydrogen-bond acceptors (Lipinski definition) is 6. The number of carbonyl (C=O) groups excluding carboxylic acids is 1. The number of H-pyrrole nitrogens is 1. The first kappa shape index (κ1) is 21.3. The minimum atomic E-state index is -0.322. The van der Waals surface area contributed by atoms with Gasteiger partial charge in [-0.3, -0.25) is 9.97 Å². The summed E-state index contributed by atoms with van der Waals surface area (Å²) in [7, 11) is 0. The van der Waals surface area contributed by atoms with E-state index in [1.54, 1.807) is 18.6 Å². The SMILES string of the molecule is Cc1cccc(-c2[nH]cnc2-c2ccc3nccc(C(=O)OC[C@H]4CC[C@@H](N)CC4)c3c2)n1. The zero-order valence-electron chi connectivity index (χ0n) is 18.6. The third kappa shape index (κ3) is 4.50. The highest BCUT2D eigenvalue weighted by molar-refractivity contribution is 6.04. The first-order valence-electron chi connectivity index (χ1n) is 11.4. The van der Waals surface area contributed by atoms with Gasteiger partial charge in [0.15, 0.2) is 0 Å². The van der Waals surface area contributed by atoms with Crippen molar-refractivity contribution in [2.75, 3.05) is 6.61 Å². The zero-order valence-corrected chi connectivity index (χ0v) is 18.6. The average molecular weight is 442 g/mol. The van der Waals surface area contributed by atoms with Crippen LogP contribution in [0.1, 0.15) is 41.7 Å². The lowest BCUT2D eigenvalue weighted by Gasteiger charge is -2.25. The standard InChI is InChI=1S/C26H27N5O2/c1-16-3-2-4-23(31-16)25-24(29-15-30-25)18-7-10-22-21(13-18)20(11-12-28-22)26(32)33-14-17-5-8-19(27)9-6-17/h2-4,7,10-13,15,17,19H,5-6,8-9,14,27H2,1H3,(H,29,30)/t17-,19+. The van der Waals surface area contributed by atoms with Crippen molar-refractivity contribution >= 4 is 16.9 Å². The molecule has 0 saturated heterocycles. The summed E-state index contributed by atoms with van der Waals surface area (Å²) in [5.41, 5.74) is 11.5. The van der Waals surface area contributed by atoms with Gasteiger partial charge in [0.2, 0.25) is 0 Å². The summed E-state index contributed by atoms with van der Waals surface area (Å²) in [5, 5.41) is 0.747. The summed E-state index contributed by atoms with van der Waals surface area (Å²) >= 11 is 0. The molecule has 0 aliphatic heterocycles. The van der Waals surface area contributed by atoms with Crippen molar-refractivity contribution in [3.63, 3.8) is 0 Å². The molecule has 0 amide bonds. The second-order valence-electron chi connectivity index (χ2n) is 8.76. The minimum absolute atomic E-state index is 0.279. The van der Waals surface area contributed by atoms with Crippen LogP contribution < -0.4 is 5.73 Å². The molecule has 0 radical (unpaired) electrons. The van der Waals surface area contributed by atoms with Gasteiger partial charge in [0.25, 0.3) is 0 Å². The smallest absolute Gasteiger partial charge is 0.338 e. The van der Waals surface area contributed by atoms with Crippen LogP contribution in [0.5, 0.6) is 0 Å². The van der Waals surface area contributed by atoms with E-state index in [9.17, 15) is 4.79 Å². The Balaban J connectivity index is 1.44. The number of rotatable bonds is 5. The zero-order chi connectivity index (χ0) is 22.8. The van der Waals surface area contributed by atoms with E-state index in [-0.39, 0.29) is 12.0 Å². The van der Waals surface area contributed by atoms with Gasteiger partial charge in [-0.2, -0.15) is 0 Å². The summed E-state index contributed by atoms with van der Waals surface area (Å²) in [4.78, 5) is 29.8. The normalized spacial score (nSPS) is 18.4. The van der Waals surface area contributed by atoms with Crippen LogP contribution in [0.2, 0.25) is 0 Å². The quantitative estimate of drug-likeness (QED) is 0.436. The fraction of sp³-hybridized carbons (Fsp3) is 0.308. The van der Waals surface area contributed by atoms with Crippen molar-refractivity contribution in [1.82, 2.24) is 19.9 Å². The number of aromatic nitrogens is 4. The van der Waals surface area contributed by atoms with E-state index in [1.165, 1.54) is 0 Å². The van der Waals surface area contributed by atoms with E-state index in [2.05, 4.69) is 19.9 Å². The van der Waals surface area contributed by atoms with E-state index in [0.717, 1.165) is 64.9 Å². The topological polar surface area (TPSA) is 107 Å². The molecule has 1 aliphatic rings. The molecule has 0 bridgehead atoms. The Labute approximate surface area is 192 Å². The maximum atomic E-state index is 13.0. The molecule has 168 valence electrons. The van der Waals surface area contributed by atoms with Gasteiger partial charge in [0, 0.05) is 28.9 Å². The number of aryl methyl sites for hydroxylation is 1. The molecule has 1 saturated carbocycles. The van der Waals surface area contributed by atoms with Gasteiger partial charge in [0.1, 0.15) is 0 Å². The van der Waals surface area contributed by atoms with E-state index >= 15 is 0 Å². The van der Waals surface area contributed by atoms with Crippen LogP contribution in [0.25, 0.3) is 33.5 Å². The number of nitrogens with two attached hydrogens (primary N) is 1. The number of aromatic amines is 1. The summed E-state index contributed by atoms with van der Waals surface area (Å²) in [6.07, 6.45) is 7.30. The van der Waals surface area contributed by atoms with Crippen LogP contribution in [-0.2, 0) is 4.74 Å². The molecule has 0 unspecified atom stereocenters. The Kier molecular flexibility index (Phi) is 5.88. The van der Waals surface area contributed by atoms with Crippen molar-refractivity contribution < 1.29 is 9.53 Å². The van der Waals surface area contributed by atoms with Gasteiger partial charge in [-0.1, -0.05) is 12.1 Å². The first-order valence-corrected chi connectivity index (χ1v) is 11.4. The molecule has 33 heavy (non-hydrogen) atoms. The molecular weight excluding hydrogens is 414 g/mol. The lowest BCUT2D eigenvalue weighted by Crippen LogP contribution is -2.28. The number of pyridine rings is 2. The largest absolute Gasteiger partial charge is 0.462 e. The summed E-state index contributed by atoms with van der Waals surface area (Å²) in [5.74, 6) is 0.0582. The van der Waals surface area contributed by atoms with E-state index < -0.39 is 0 Å². The number of imidazole rings is 1. The number of carbonyl (C=O) groups is 1. The predicted octanol–water partition coefficient (Wildman–Crippen LogP) is 4.67.